The molecule has 1 aromatic carbocycles. The Hall–Kier alpha value is -2.81. The summed E-state index contributed by atoms with van der Waals surface area (Å²) in [6, 6.07) is 7.58. The van der Waals surface area contributed by atoms with Crippen molar-refractivity contribution in [3.05, 3.63) is 29.8 Å². The average molecular weight is 459 g/mol. The van der Waals surface area contributed by atoms with Crippen LogP contribution in [0.2, 0.25) is 0 Å². The zero-order chi connectivity index (χ0) is 24.2. The molecule has 0 saturated carbocycles. The number of benzene rings is 1. The molecule has 2 aliphatic rings. The fourth-order valence-electron chi connectivity index (χ4n) is 4.46. The van der Waals surface area contributed by atoms with E-state index >= 15 is 0 Å². The second-order valence-electron chi connectivity index (χ2n) is 10.1. The Kier molecular flexibility index (Phi) is 7.84. The van der Waals surface area contributed by atoms with Crippen LogP contribution in [0.15, 0.2) is 24.3 Å². The van der Waals surface area contributed by atoms with Gasteiger partial charge in [-0.3, -0.25) is 10.3 Å². The van der Waals surface area contributed by atoms with Crippen molar-refractivity contribution in [1.82, 2.24) is 15.1 Å². The maximum atomic E-state index is 13.4. The molecule has 2 saturated heterocycles. The van der Waals surface area contributed by atoms with Gasteiger partial charge in [0.05, 0.1) is 0 Å². The minimum absolute atomic E-state index is 0.000238. The third-order valence-corrected chi connectivity index (χ3v) is 6.04. The summed E-state index contributed by atoms with van der Waals surface area (Å²) in [7, 11) is 0. The Balaban J connectivity index is 1.53. The van der Waals surface area contributed by atoms with Crippen molar-refractivity contribution < 1.29 is 14.3 Å². The molecule has 1 aromatic rings. The van der Waals surface area contributed by atoms with Gasteiger partial charge in [0.2, 0.25) is 0 Å². The van der Waals surface area contributed by atoms with Crippen LogP contribution in [0, 0.1) is 11.3 Å². The molecule has 0 aliphatic carbocycles. The van der Waals surface area contributed by atoms with E-state index in [-0.39, 0.29) is 24.0 Å². The molecule has 33 heavy (non-hydrogen) atoms. The fraction of sp³-hybridized carbons (Fsp3) is 0.625. The Morgan fingerprint density at radius 3 is 2.58 bits per heavy atom. The summed E-state index contributed by atoms with van der Waals surface area (Å²) in [5.74, 6) is 0.347. The van der Waals surface area contributed by atoms with Crippen molar-refractivity contribution in [3.63, 3.8) is 0 Å². The first kappa shape index (κ1) is 24.8. The van der Waals surface area contributed by atoms with Gasteiger partial charge in [-0.05, 0) is 51.7 Å². The summed E-state index contributed by atoms with van der Waals surface area (Å²) < 4.78 is 5.28. The topological polar surface area (TPSA) is 115 Å². The standard InChI is InChI=1S/C24H38N6O3/c1-17-15-29(23(32)30(16-17)20-7-5-6-18(14-20)21(25)26)19-8-11-28(12-9-19)13-10-27-22(31)33-24(2,3)4/h5-7,14,17,19H,8-13,15-16H2,1-4H3,(H3,25,26)(H,27,31). The van der Waals surface area contributed by atoms with E-state index in [9.17, 15) is 9.59 Å². The molecule has 3 rings (SSSR count). The minimum Gasteiger partial charge on any atom is -0.444 e. The first-order valence-corrected chi connectivity index (χ1v) is 11.8. The largest absolute Gasteiger partial charge is 0.444 e. The van der Waals surface area contributed by atoms with Gasteiger partial charge >= 0.3 is 12.1 Å². The summed E-state index contributed by atoms with van der Waals surface area (Å²) in [5.41, 5.74) is 6.56. The van der Waals surface area contributed by atoms with Crippen LogP contribution in [0.3, 0.4) is 0 Å². The molecule has 2 fully saturated rings. The second kappa shape index (κ2) is 10.4. The van der Waals surface area contributed by atoms with Gasteiger partial charge in [0.25, 0.3) is 0 Å². The Morgan fingerprint density at radius 1 is 1.24 bits per heavy atom. The van der Waals surface area contributed by atoms with E-state index in [1.54, 1.807) is 6.07 Å². The molecule has 1 atom stereocenters. The number of nitrogens with two attached hydrogens (primary N) is 1. The predicted octanol–water partition coefficient (Wildman–Crippen LogP) is 2.84. The summed E-state index contributed by atoms with van der Waals surface area (Å²) in [5, 5.41) is 10.5. The van der Waals surface area contributed by atoms with Gasteiger partial charge in [0, 0.05) is 56.6 Å². The lowest BCUT2D eigenvalue weighted by molar-refractivity contribution is 0.0515. The zero-order valence-electron chi connectivity index (χ0n) is 20.3. The molecule has 9 nitrogen and oxygen atoms in total. The lowest BCUT2D eigenvalue weighted by Crippen LogP contribution is -2.58. The molecular formula is C24H38N6O3. The van der Waals surface area contributed by atoms with Crippen molar-refractivity contribution in [3.8, 4) is 0 Å². The zero-order valence-corrected chi connectivity index (χ0v) is 20.3. The third-order valence-electron chi connectivity index (χ3n) is 6.04. The number of amides is 3. The number of carbonyl (C=O) groups excluding carboxylic acids is 2. The number of anilines is 1. The van der Waals surface area contributed by atoms with Crippen molar-refractivity contribution >= 4 is 23.6 Å². The number of nitrogen functional groups attached to an aromatic ring is 1. The highest BCUT2D eigenvalue weighted by Gasteiger charge is 2.36. The molecule has 0 spiro atoms. The van der Waals surface area contributed by atoms with Crippen LogP contribution in [-0.2, 0) is 4.74 Å². The quantitative estimate of drug-likeness (QED) is 0.448. The van der Waals surface area contributed by atoms with Gasteiger partial charge < -0.3 is 25.6 Å². The highest BCUT2D eigenvalue weighted by atomic mass is 16.6. The molecule has 4 N–H and O–H groups in total. The molecule has 9 heteroatoms. The van der Waals surface area contributed by atoms with Crippen LogP contribution in [0.5, 0.6) is 0 Å². The van der Waals surface area contributed by atoms with Crippen LogP contribution in [0.1, 0.15) is 46.1 Å². The lowest BCUT2D eigenvalue weighted by Gasteiger charge is -2.45. The number of amidine groups is 1. The van der Waals surface area contributed by atoms with Crippen molar-refractivity contribution in [1.29, 1.82) is 5.41 Å². The Labute approximate surface area is 196 Å². The smallest absolute Gasteiger partial charge is 0.407 e. The minimum atomic E-state index is -0.498. The highest BCUT2D eigenvalue weighted by molar-refractivity contribution is 5.98. The number of hydrogen-bond acceptors (Lipinski definition) is 5. The molecule has 1 unspecified atom stereocenters. The van der Waals surface area contributed by atoms with Gasteiger partial charge in [-0.15, -0.1) is 0 Å². The van der Waals surface area contributed by atoms with Crippen molar-refractivity contribution in [2.24, 2.45) is 11.7 Å². The monoisotopic (exact) mass is 458 g/mol. The maximum Gasteiger partial charge on any atom is 0.407 e. The van der Waals surface area contributed by atoms with Crippen LogP contribution in [0.25, 0.3) is 0 Å². The Morgan fingerprint density at radius 2 is 1.94 bits per heavy atom. The van der Waals surface area contributed by atoms with E-state index in [4.69, 9.17) is 15.9 Å². The number of piperidine rings is 1. The predicted molar refractivity (Wildman–Crippen MR) is 130 cm³/mol. The van der Waals surface area contributed by atoms with Gasteiger partial charge in [-0.1, -0.05) is 19.1 Å². The third kappa shape index (κ3) is 6.83. The second-order valence-corrected chi connectivity index (χ2v) is 10.1. The normalized spacial score (nSPS) is 20.6. The number of nitrogens with zero attached hydrogens (tertiary/aromatic N) is 3. The Bertz CT molecular complexity index is 860. The fourth-order valence-corrected chi connectivity index (χ4v) is 4.46. The number of hydrogen-bond donors (Lipinski definition) is 3. The number of urea groups is 1. The SMILES string of the molecule is CC1CN(c2cccc(C(=N)N)c2)C(=O)N(C2CCN(CCNC(=O)OC(C)(C)C)CC2)C1. The first-order valence-electron chi connectivity index (χ1n) is 11.8. The van der Waals surface area contributed by atoms with Crippen molar-refractivity contribution in [2.45, 2.75) is 52.2 Å². The first-order chi connectivity index (χ1) is 15.5. The van der Waals surface area contributed by atoms with E-state index in [0.717, 1.165) is 44.7 Å². The van der Waals surface area contributed by atoms with Crippen LogP contribution in [-0.4, -0.2) is 78.7 Å². The summed E-state index contributed by atoms with van der Waals surface area (Å²) in [4.78, 5) is 31.4. The summed E-state index contributed by atoms with van der Waals surface area (Å²) in [6.45, 7) is 12.2. The average Bonchev–Trinajstić information content (AvgIpc) is 2.74. The molecule has 0 aromatic heterocycles. The molecule has 2 heterocycles. The lowest BCUT2D eigenvalue weighted by atomic mass is 9.99. The van der Waals surface area contributed by atoms with E-state index in [2.05, 4.69) is 17.1 Å². The molecule has 3 amide bonds. The molecule has 2 aliphatic heterocycles. The molecule has 0 radical (unpaired) electrons. The molecule has 182 valence electrons. The van der Waals surface area contributed by atoms with E-state index < -0.39 is 5.60 Å². The number of nitrogens with one attached hydrogen (secondary N) is 2. The highest BCUT2D eigenvalue weighted by Crippen LogP contribution is 2.27. The summed E-state index contributed by atoms with van der Waals surface area (Å²) in [6.07, 6.45) is 1.43. The van der Waals surface area contributed by atoms with E-state index in [0.29, 0.717) is 24.6 Å². The summed E-state index contributed by atoms with van der Waals surface area (Å²) >= 11 is 0. The maximum absolute atomic E-state index is 13.4. The van der Waals surface area contributed by atoms with Gasteiger partial charge in [-0.2, -0.15) is 0 Å². The number of rotatable bonds is 6. The van der Waals surface area contributed by atoms with Crippen LogP contribution >= 0.6 is 0 Å². The van der Waals surface area contributed by atoms with Gasteiger partial charge in [-0.25, -0.2) is 9.59 Å². The number of ether oxygens (including phenoxy) is 1. The van der Waals surface area contributed by atoms with Gasteiger partial charge in [0.1, 0.15) is 11.4 Å². The number of carbonyl (C=O) groups is 2. The molecular weight excluding hydrogens is 420 g/mol. The van der Waals surface area contributed by atoms with Crippen LogP contribution < -0.4 is 16.0 Å². The van der Waals surface area contributed by atoms with Gasteiger partial charge in [0.15, 0.2) is 0 Å². The van der Waals surface area contributed by atoms with Crippen molar-refractivity contribution in [2.75, 3.05) is 44.2 Å². The number of alkyl carbamates (subject to hydrolysis) is 1. The number of likely N-dealkylation sites (tertiary alicyclic amines) is 1. The van der Waals surface area contributed by atoms with E-state index in [1.807, 2.05) is 48.8 Å². The molecule has 0 bridgehead atoms. The van der Waals surface area contributed by atoms with E-state index in [1.165, 1.54) is 0 Å². The van der Waals surface area contributed by atoms with Crippen LogP contribution in [0.4, 0.5) is 15.3 Å².